The Balaban J connectivity index is 0.00000512. The van der Waals surface area contributed by atoms with Crippen LogP contribution in [-0.2, 0) is 17.9 Å². The van der Waals surface area contributed by atoms with Crippen LogP contribution >= 0.6 is 24.0 Å². The fourth-order valence-electron chi connectivity index (χ4n) is 2.92. The van der Waals surface area contributed by atoms with E-state index in [0.29, 0.717) is 24.6 Å². The molecule has 0 heterocycles. The van der Waals surface area contributed by atoms with Crippen molar-refractivity contribution in [1.29, 1.82) is 0 Å². The largest absolute Gasteiger partial charge is 0.411 e. The molecule has 5 nitrogen and oxygen atoms in total. The topological polar surface area (TPSA) is 48.9 Å². The van der Waals surface area contributed by atoms with Gasteiger partial charge in [0, 0.05) is 20.1 Å². The molecule has 0 aliphatic rings. The van der Waals surface area contributed by atoms with Crippen LogP contribution in [0.15, 0.2) is 53.5 Å². The van der Waals surface area contributed by atoms with Gasteiger partial charge in [-0.2, -0.15) is 13.2 Å². The van der Waals surface area contributed by atoms with Crippen molar-refractivity contribution in [1.82, 2.24) is 15.5 Å². The van der Waals surface area contributed by atoms with E-state index in [2.05, 4.69) is 20.4 Å². The Hall–Kier alpha value is -1.92. The van der Waals surface area contributed by atoms with Crippen molar-refractivity contribution in [2.24, 2.45) is 4.99 Å². The molecule has 10 heteroatoms. The third kappa shape index (κ3) is 10.1. The standard InChI is InChI=1S/C22H28F4N4O.HI/c1-27-21(29-13-20(30(2)3)18-8-10-19(23)11-9-18)28-12-16-4-6-17(7-5-16)14-31-15-22(24,25)26;/h4-11,20H,12-15H2,1-3H3,(H2,27,28,29);1H. The first-order valence-electron chi connectivity index (χ1n) is 9.76. The number of benzene rings is 2. The smallest absolute Gasteiger partial charge is 0.367 e. The van der Waals surface area contributed by atoms with Crippen molar-refractivity contribution in [3.63, 3.8) is 0 Å². The number of rotatable bonds is 9. The van der Waals surface area contributed by atoms with E-state index in [1.807, 2.05) is 31.1 Å². The van der Waals surface area contributed by atoms with E-state index in [9.17, 15) is 17.6 Å². The number of nitrogens with zero attached hydrogens (tertiary/aromatic N) is 2. The number of nitrogens with one attached hydrogen (secondary N) is 2. The summed E-state index contributed by atoms with van der Waals surface area (Å²) in [5, 5.41) is 6.47. The number of halogens is 5. The van der Waals surface area contributed by atoms with Crippen LogP contribution in [0.5, 0.6) is 0 Å². The zero-order chi connectivity index (χ0) is 22.9. The highest BCUT2D eigenvalue weighted by atomic mass is 127. The van der Waals surface area contributed by atoms with Crippen LogP contribution in [0.4, 0.5) is 17.6 Å². The van der Waals surface area contributed by atoms with Crippen LogP contribution in [0, 0.1) is 5.82 Å². The van der Waals surface area contributed by atoms with Gasteiger partial charge in [-0.15, -0.1) is 24.0 Å². The molecule has 2 aromatic carbocycles. The average Bonchev–Trinajstić information content (AvgIpc) is 2.71. The maximum absolute atomic E-state index is 13.2. The molecule has 0 aliphatic heterocycles. The predicted molar refractivity (Wildman–Crippen MR) is 129 cm³/mol. The summed E-state index contributed by atoms with van der Waals surface area (Å²) >= 11 is 0. The lowest BCUT2D eigenvalue weighted by molar-refractivity contribution is -0.176. The minimum absolute atomic E-state index is 0. The van der Waals surface area contributed by atoms with Gasteiger partial charge in [0.15, 0.2) is 5.96 Å². The molecule has 2 N–H and O–H groups in total. The lowest BCUT2D eigenvalue weighted by Crippen LogP contribution is -2.41. The summed E-state index contributed by atoms with van der Waals surface area (Å²) in [5.74, 6) is 0.330. The first kappa shape index (κ1) is 28.1. The Bertz CT molecular complexity index is 827. The Kier molecular flexibility index (Phi) is 11.9. The molecule has 0 spiro atoms. The van der Waals surface area contributed by atoms with Crippen LogP contribution in [0.25, 0.3) is 0 Å². The minimum Gasteiger partial charge on any atom is -0.367 e. The molecular formula is C22H29F4IN4O. The van der Waals surface area contributed by atoms with E-state index in [0.717, 1.165) is 11.1 Å². The van der Waals surface area contributed by atoms with Gasteiger partial charge in [0.1, 0.15) is 12.4 Å². The van der Waals surface area contributed by atoms with Gasteiger partial charge < -0.3 is 20.3 Å². The Labute approximate surface area is 203 Å². The SMILES string of the molecule is CN=C(NCc1ccc(COCC(F)(F)F)cc1)NCC(c1ccc(F)cc1)N(C)C.I. The molecule has 0 aliphatic carbocycles. The maximum Gasteiger partial charge on any atom is 0.411 e. The Morgan fingerprint density at radius 1 is 1.00 bits per heavy atom. The quantitative estimate of drug-likeness (QED) is 0.203. The molecule has 32 heavy (non-hydrogen) atoms. The highest BCUT2D eigenvalue weighted by Gasteiger charge is 2.27. The minimum atomic E-state index is -4.32. The van der Waals surface area contributed by atoms with Gasteiger partial charge in [0.05, 0.1) is 12.6 Å². The molecule has 0 saturated heterocycles. The first-order chi connectivity index (χ1) is 14.7. The second-order valence-corrected chi connectivity index (χ2v) is 7.26. The molecule has 0 radical (unpaired) electrons. The normalized spacial score (nSPS) is 12.9. The van der Waals surface area contributed by atoms with E-state index in [1.54, 1.807) is 31.3 Å². The highest BCUT2D eigenvalue weighted by molar-refractivity contribution is 14.0. The Morgan fingerprint density at radius 2 is 1.59 bits per heavy atom. The molecule has 0 bridgehead atoms. The van der Waals surface area contributed by atoms with E-state index >= 15 is 0 Å². The summed E-state index contributed by atoms with van der Waals surface area (Å²) in [6, 6.07) is 13.6. The fourth-order valence-corrected chi connectivity index (χ4v) is 2.92. The number of likely N-dealkylation sites (N-methyl/N-ethyl adjacent to an activating group) is 1. The zero-order valence-corrected chi connectivity index (χ0v) is 20.6. The molecule has 2 rings (SSSR count). The van der Waals surface area contributed by atoms with Crippen molar-refractivity contribution in [3.8, 4) is 0 Å². The number of alkyl halides is 3. The van der Waals surface area contributed by atoms with Crippen LogP contribution in [0.1, 0.15) is 22.7 Å². The van der Waals surface area contributed by atoms with Gasteiger partial charge in [-0.1, -0.05) is 36.4 Å². The highest BCUT2D eigenvalue weighted by Crippen LogP contribution is 2.18. The van der Waals surface area contributed by atoms with E-state index in [4.69, 9.17) is 0 Å². The lowest BCUT2D eigenvalue weighted by Gasteiger charge is -2.26. The molecule has 1 unspecified atom stereocenters. The van der Waals surface area contributed by atoms with Crippen molar-refractivity contribution in [3.05, 3.63) is 71.0 Å². The molecule has 1 atom stereocenters. The first-order valence-corrected chi connectivity index (χ1v) is 9.76. The van der Waals surface area contributed by atoms with Crippen LogP contribution in [0.2, 0.25) is 0 Å². The van der Waals surface area contributed by atoms with Gasteiger partial charge in [-0.3, -0.25) is 4.99 Å². The van der Waals surface area contributed by atoms with Gasteiger partial charge in [-0.05, 0) is 42.9 Å². The summed E-state index contributed by atoms with van der Waals surface area (Å²) in [4.78, 5) is 6.25. The van der Waals surface area contributed by atoms with Gasteiger partial charge in [-0.25, -0.2) is 4.39 Å². The third-order valence-electron chi connectivity index (χ3n) is 4.58. The van der Waals surface area contributed by atoms with E-state index in [-0.39, 0.29) is 42.4 Å². The second-order valence-electron chi connectivity index (χ2n) is 7.26. The van der Waals surface area contributed by atoms with Crippen LogP contribution in [0.3, 0.4) is 0 Å². The number of ether oxygens (including phenoxy) is 1. The molecule has 0 amide bonds. The van der Waals surface area contributed by atoms with Crippen molar-refractivity contribution >= 4 is 29.9 Å². The van der Waals surface area contributed by atoms with Crippen LogP contribution < -0.4 is 10.6 Å². The molecule has 0 aromatic heterocycles. The summed E-state index contributed by atoms with van der Waals surface area (Å²) in [7, 11) is 5.57. The fraction of sp³-hybridized carbons (Fsp3) is 0.409. The number of aliphatic imine (C=N–C) groups is 1. The van der Waals surface area contributed by atoms with Gasteiger partial charge in [0.25, 0.3) is 0 Å². The Morgan fingerprint density at radius 3 is 2.12 bits per heavy atom. The van der Waals surface area contributed by atoms with Crippen molar-refractivity contribution in [2.75, 3.05) is 34.3 Å². The number of guanidine groups is 1. The molecule has 0 saturated carbocycles. The average molecular weight is 568 g/mol. The van der Waals surface area contributed by atoms with Gasteiger partial charge in [0.2, 0.25) is 0 Å². The molecular weight excluding hydrogens is 539 g/mol. The van der Waals surface area contributed by atoms with Crippen molar-refractivity contribution in [2.45, 2.75) is 25.4 Å². The van der Waals surface area contributed by atoms with E-state index < -0.39 is 12.8 Å². The summed E-state index contributed by atoms with van der Waals surface area (Å²) in [6.45, 7) is -0.295. The molecule has 2 aromatic rings. The number of hydrogen-bond donors (Lipinski definition) is 2. The zero-order valence-electron chi connectivity index (χ0n) is 18.2. The summed E-state index contributed by atoms with van der Waals surface area (Å²) in [6.07, 6.45) is -4.32. The number of hydrogen-bond acceptors (Lipinski definition) is 3. The third-order valence-corrected chi connectivity index (χ3v) is 4.58. The lowest BCUT2D eigenvalue weighted by atomic mass is 10.1. The second kappa shape index (κ2) is 13.6. The predicted octanol–water partition coefficient (Wildman–Crippen LogP) is 4.49. The van der Waals surface area contributed by atoms with Gasteiger partial charge >= 0.3 is 6.18 Å². The maximum atomic E-state index is 13.2. The van der Waals surface area contributed by atoms with Crippen LogP contribution in [-0.4, -0.2) is 51.3 Å². The van der Waals surface area contributed by atoms with Crippen molar-refractivity contribution < 1.29 is 22.3 Å². The monoisotopic (exact) mass is 568 g/mol. The summed E-state index contributed by atoms with van der Waals surface area (Å²) < 4.78 is 54.3. The van der Waals surface area contributed by atoms with E-state index in [1.165, 1.54) is 12.1 Å². The summed E-state index contributed by atoms with van der Waals surface area (Å²) in [5.41, 5.74) is 2.60. The molecule has 0 fully saturated rings. The molecule has 178 valence electrons.